The minimum atomic E-state index is -0.175. The molecule has 0 heterocycles. The van der Waals surface area contributed by atoms with Crippen molar-refractivity contribution in [1.82, 2.24) is 10.2 Å². The van der Waals surface area contributed by atoms with Crippen molar-refractivity contribution in [3.05, 3.63) is 66.8 Å². The molecule has 120 valence electrons. The van der Waals surface area contributed by atoms with Crippen molar-refractivity contribution in [3.63, 3.8) is 0 Å². The molecule has 6 heteroatoms. The first-order valence-electron chi connectivity index (χ1n) is 6.99. The van der Waals surface area contributed by atoms with Crippen molar-refractivity contribution in [2.24, 2.45) is 0 Å². The SMILES string of the molecule is CN(CC(=O)NCc1ccccc1I)C(=O)c1ccccc1I. The standard InChI is InChI=1S/C17H16I2N2O2/c1-21(17(23)13-7-3-5-9-15(13)19)11-16(22)20-10-12-6-2-4-8-14(12)18/h2-9H,10-11H2,1H3,(H,20,22). The molecule has 2 aromatic rings. The Bertz CT molecular complexity index is 719. The summed E-state index contributed by atoms with van der Waals surface area (Å²) in [7, 11) is 1.64. The molecule has 2 aromatic carbocycles. The number of amides is 2. The molecule has 2 amide bonds. The van der Waals surface area contributed by atoms with Gasteiger partial charge in [0.25, 0.3) is 5.91 Å². The maximum absolute atomic E-state index is 12.4. The first kappa shape index (κ1) is 18.2. The monoisotopic (exact) mass is 534 g/mol. The van der Waals surface area contributed by atoms with E-state index in [9.17, 15) is 9.59 Å². The zero-order chi connectivity index (χ0) is 16.8. The second-order valence-electron chi connectivity index (χ2n) is 5.01. The van der Waals surface area contributed by atoms with Gasteiger partial charge >= 0.3 is 0 Å². The zero-order valence-electron chi connectivity index (χ0n) is 12.6. The smallest absolute Gasteiger partial charge is 0.255 e. The average molecular weight is 534 g/mol. The molecule has 0 spiro atoms. The second-order valence-corrected chi connectivity index (χ2v) is 7.33. The van der Waals surface area contributed by atoms with E-state index in [1.54, 1.807) is 13.1 Å². The molecule has 0 unspecified atom stereocenters. The van der Waals surface area contributed by atoms with E-state index in [1.165, 1.54) is 4.90 Å². The Balaban J connectivity index is 1.91. The quantitative estimate of drug-likeness (QED) is 0.600. The molecule has 0 radical (unpaired) electrons. The van der Waals surface area contributed by atoms with Gasteiger partial charge in [-0.15, -0.1) is 0 Å². The normalized spacial score (nSPS) is 10.2. The molecule has 0 aromatic heterocycles. The van der Waals surface area contributed by atoms with Gasteiger partial charge in [-0.05, 0) is 68.9 Å². The van der Waals surface area contributed by atoms with Crippen LogP contribution in [-0.2, 0) is 11.3 Å². The van der Waals surface area contributed by atoms with Gasteiger partial charge in [0.1, 0.15) is 0 Å². The fourth-order valence-corrected chi connectivity index (χ4v) is 3.22. The van der Waals surface area contributed by atoms with Crippen LogP contribution in [0, 0.1) is 7.14 Å². The minimum absolute atomic E-state index is 0.0349. The van der Waals surface area contributed by atoms with Crippen molar-refractivity contribution in [2.75, 3.05) is 13.6 Å². The number of hydrogen-bond donors (Lipinski definition) is 1. The summed E-state index contributed by atoms with van der Waals surface area (Å²) in [6, 6.07) is 15.2. The van der Waals surface area contributed by atoms with Gasteiger partial charge in [-0.2, -0.15) is 0 Å². The summed E-state index contributed by atoms with van der Waals surface area (Å²) in [5, 5.41) is 2.85. The van der Waals surface area contributed by atoms with Gasteiger partial charge in [0.05, 0.1) is 12.1 Å². The Hall–Kier alpha value is -1.16. The van der Waals surface area contributed by atoms with Crippen molar-refractivity contribution in [3.8, 4) is 0 Å². The summed E-state index contributed by atoms with van der Waals surface area (Å²) < 4.78 is 1.98. The van der Waals surface area contributed by atoms with E-state index in [-0.39, 0.29) is 18.4 Å². The van der Waals surface area contributed by atoms with Crippen molar-refractivity contribution in [1.29, 1.82) is 0 Å². The Kier molecular flexibility index (Phi) is 6.82. The first-order valence-corrected chi connectivity index (χ1v) is 9.15. The van der Waals surface area contributed by atoms with Crippen LogP contribution in [-0.4, -0.2) is 30.3 Å². The molecule has 0 bridgehead atoms. The lowest BCUT2D eigenvalue weighted by Crippen LogP contribution is -2.38. The summed E-state index contributed by atoms with van der Waals surface area (Å²) in [6.07, 6.45) is 0. The molecule has 23 heavy (non-hydrogen) atoms. The van der Waals surface area contributed by atoms with Crippen molar-refractivity contribution in [2.45, 2.75) is 6.54 Å². The Morgan fingerprint density at radius 1 is 1.00 bits per heavy atom. The van der Waals surface area contributed by atoms with Crippen LogP contribution in [0.4, 0.5) is 0 Å². The Labute approximate surface area is 162 Å². The van der Waals surface area contributed by atoms with E-state index in [4.69, 9.17) is 0 Å². The van der Waals surface area contributed by atoms with E-state index in [0.717, 1.165) is 12.7 Å². The molecule has 4 nitrogen and oxygen atoms in total. The maximum atomic E-state index is 12.4. The van der Waals surface area contributed by atoms with Gasteiger partial charge in [0, 0.05) is 20.7 Å². The maximum Gasteiger partial charge on any atom is 0.255 e. The molecular formula is C17H16I2N2O2. The van der Waals surface area contributed by atoms with Gasteiger partial charge < -0.3 is 10.2 Å². The third-order valence-electron chi connectivity index (χ3n) is 3.27. The van der Waals surface area contributed by atoms with E-state index in [1.807, 2.05) is 42.5 Å². The first-order chi connectivity index (χ1) is 11.0. The van der Waals surface area contributed by atoms with Crippen LogP contribution in [0.3, 0.4) is 0 Å². The fourth-order valence-electron chi connectivity index (χ4n) is 2.02. The topological polar surface area (TPSA) is 49.4 Å². The Morgan fingerprint density at radius 2 is 1.61 bits per heavy atom. The van der Waals surface area contributed by atoms with Gasteiger partial charge in [0.15, 0.2) is 0 Å². The van der Waals surface area contributed by atoms with Gasteiger partial charge in [0.2, 0.25) is 5.91 Å². The molecule has 0 fully saturated rings. The summed E-state index contributed by atoms with van der Waals surface area (Å²) in [5.41, 5.74) is 1.68. The van der Waals surface area contributed by atoms with E-state index >= 15 is 0 Å². The number of rotatable bonds is 5. The largest absolute Gasteiger partial charge is 0.350 e. The third-order valence-corrected chi connectivity index (χ3v) is 5.26. The molecular weight excluding hydrogens is 518 g/mol. The average Bonchev–Trinajstić information content (AvgIpc) is 2.54. The van der Waals surface area contributed by atoms with Crippen LogP contribution in [0.2, 0.25) is 0 Å². The minimum Gasteiger partial charge on any atom is -0.350 e. The molecule has 0 aliphatic carbocycles. The summed E-state index contributed by atoms with van der Waals surface area (Å²) in [5.74, 6) is -0.328. The van der Waals surface area contributed by atoms with Crippen LogP contribution >= 0.6 is 45.2 Å². The van der Waals surface area contributed by atoms with Crippen molar-refractivity contribution >= 4 is 57.0 Å². The lowest BCUT2D eigenvalue weighted by atomic mass is 10.2. The van der Waals surface area contributed by atoms with E-state index < -0.39 is 0 Å². The summed E-state index contributed by atoms with van der Waals surface area (Å²) in [4.78, 5) is 25.9. The summed E-state index contributed by atoms with van der Waals surface area (Å²) >= 11 is 4.36. The van der Waals surface area contributed by atoms with Crippen LogP contribution in [0.25, 0.3) is 0 Å². The number of likely N-dealkylation sites (N-methyl/N-ethyl adjacent to an activating group) is 1. The Morgan fingerprint density at radius 3 is 2.26 bits per heavy atom. The number of carbonyl (C=O) groups is 2. The lowest BCUT2D eigenvalue weighted by Gasteiger charge is -2.17. The van der Waals surface area contributed by atoms with E-state index in [0.29, 0.717) is 12.1 Å². The molecule has 0 saturated carbocycles. The number of nitrogens with zero attached hydrogens (tertiary/aromatic N) is 1. The van der Waals surface area contributed by atoms with Crippen LogP contribution in [0.5, 0.6) is 0 Å². The van der Waals surface area contributed by atoms with E-state index in [2.05, 4.69) is 50.5 Å². The highest BCUT2D eigenvalue weighted by Crippen LogP contribution is 2.13. The second kappa shape index (κ2) is 8.62. The predicted molar refractivity (Wildman–Crippen MR) is 107 cm³/mol. The number of carbonyl (C=O) groups excluding carboxylic acids is 2. The third kappa shape index (κ3) is 5.17. The number of hydrogen-bond acceptors (Lipinski definition) is 2. The molecule has 0 aliphatic rings. The molecule has 2 rings (SSSR count). The van der Waals surface area contributed by atoms with Crippen LogP contribution in [0.15, 0.2) is 48.5 Å². The molecule has 0 aliphatic heterocycles. The molecule has 1 N–H and O–H groups in total. The highest BCUT2D eigenvalue weighted by atomic mass is 127. The highest BCUT2D eigenvalue weighted by molar-refractivity contribution is 14.1. The van der Waals surface area contributed by atoms with Crippen LogP contribution < -0.4 is 5.32 Å². The number of nitrogens with one attached hydrogen (secondary N) is 1. The lowest BCUT2D eigenvalue weighted by molar-refractivity contribution is -0.121. The number of benzene rings is 2. The summed E-state index contributed by atoms with van der Waals surface area (Å²) in [6.45, 7) is 0.496. The molecule has 0 atom stereocenters. The van der Waals surface area contributed by atoms with Crippen LogP contribution in [0.1, 0.15) is 15.9 Å². The van der Waals surface area contributed by atoms with Gasteiger partial charge in [-0.3, -0.25) is 9.59 Å². The zero-order valence-corrected chi connectivity index (χ0v) is 16.9. The highest BCUT2D eigenvalue weighted by Gasteiger charge is 2.16. The number of halogens is 2. The van der Waals surface area contributed by atoms with Crippen molar-refractivity contribution < 1.29 is 9.59 Å². The molecule has 0 saturated heterocycles. The predicted octanol–water partition coefficient (Wildman–Crippen LogP) is 3.28. The van der Waals surface area contributed by atoms with Gasteiger partial charge in [-0.1, -0.05) is 30.3 Å². The van der Waals surface area contributed by atoms with Gasteiger partial charge in [-0.25, -0.2) is 0 Å². The fraction of sp³-hybridized carbons (Fsp3) is 0.176.